The molecule has 0 saturated carbocycles. The first kappa shape index (κ1) is 24.1. The second-order valence-corrected chi connectivity index (χ2v) is 10.2. The predicted molar refractivity (Wildman–Crippen MR) is 138 cm³/mol. The highest BCUT2D eigenvalue weighted by atomic mass is 32.1. The molecule has 2 aromatic carbocycles. The number of aromatic amines is 1. The summed E-state index contributed by atoms with van der Waals surface area (Å²) in [5.41, 5.74) is 3.43. The number of nitrogens with one attached hydrogen (secondary N) is 3. The monoisotopic (exact) mass is 505 g/mol. The summed E-state index contributed by atoms with van der Waals surface area (Å²) >= 11 is 1.76. The van der Waals surface area contributed by atoms with Crippen LogP contribution in [0.1, 0.15) is 44.6 Å². The molecular weight excluding hydrogens is 477 g/mol. The molecule has 2 aromatic heterocycles. The first-order valence-corrected chi connectivity index (χ1v) is 12.9. The maximum Gasteiger partial charge on any atom is 0.251 e. The second-order valence-electron chi connectivity index (χ2n) is 9.01. The summed E-state index contributed by atoms with van der Waals surface area (Å²) in [5.74, 6) is -0.553. The van der Waals surface area contributed by atoms with Crippen LogP contribution in [0.3, 0.4) is 0 Å². The molecule has 3 heterocycles. The number of benzene rings is 2. The van der Waals surface area contributed by atoms with Crippen molar-refractivity contribution in [2.75, 3.05) is 6.54 Å². The zero-order valence-corrected chi connectivity index (χ0v) is 20.8. The fraction of sp³-hybridized carbons (Fsp3) is 0.296. The lowest BCUT2D eigenvalue weighted by Crippen LogP contribution is -2.49. The van der Waals surface area contributed by atoms with Crippen molar-refractivity contribution in [1.29, 1.82) is 0 Å². The van der Waals surface area contributed by atoms with E-state index in [1.807, 2.05) is 24.0 Å². The van der Waals surface area contributed by atoms with Crippen molar-refractivity contribution < 1.29 is 14.0 Å². The number of amides is 2. The summed E-state index contributed by atoms with van der Waals surface area (Å²) < 4.78 is 13.4. The van der Waals surface area contributed by atoms with Crippen LogP contribution in [-0.2, 0) is 30.8 Å². The second kappa shape index (κ2) is 10.6. The normalized spacial score (nSPS) is 14.0. The molecule has 7 nitrogen and oxygen atoms in total. The topological polar surface area (TPSA) is 90.1 Å². The number of rotatable bonds is 8. The van der Waals surface area contributed by atoms with Crippen LogP contribution in [0.15, 0.2) is 54.7 Å². The maximum atomic E-state index is 13.4. The molecule has 0 spiro atoms. The molecule has 0 aliphatic carbocycles. The Hall–Kier alpha value is -3.56. The van der Waals surface area contributed by atoms with Gasteiger partial charge in [0, 0.05) is 46.9 Å². The molecule has 9 heteroatoms. The third-order valence-corrected chi connectivity index (χ3v) is 7.70. The van der Waals surface area contributed by atoms with Crippen LogP contribution in [0.2, 0.25) is 0 Å². The maximum absolute atomic E-state index is 13.4. The number of H-pyrrole nitrogens is 1. The molecule has 0 bridgehead atoms. The molecule has 0 saturated heterocycles. The molecule has 2 amide bonds. The van der Waals surface area contributed by atoms with Gasteiger partial charge in [0.05, 0.1) is 11.7 Å². The minimum absolute atomic E-state index is 0.0575. The van der Waals surface area contributed by atoms with Gasteiger partial charge in [0.15, 0.2) is 0 Å². The number of aromatic nitrogens is 2. The number of carbonyl (C=O) groups is 2. The van der Waals surface area contributed by atoms with Crippen molar-refractivity contribution in [2.24, 2.45) is 0 Å². The minimum Gasteiger partial charge on any atom is -0.340 e. The Morgan fingerprint density at radius 1 is 1.19 bits per heavy atom. The van der Waals surface area contributed by atoms with Crippen molar-refractivity contribution in [2.45, 2.75) is 45.4 Å². The summed E-state index contributed by atoms with van der Waals surface area (Å²) in [6.45, 7) is 4.37. The largest absolute Gasteiger partial charge is 0.340 e. The summed E-state index contributed by atoms with van der Waals surface area (Å²) in [5, 5.41) is 14.0. The van der Waals surface area contributed by atoms with Gasteiger partial charge in [-0.05, 0) is 60.4 Å². The number of fused-ring (bicyclic) bond motifs is 2. The Bertz CT molecular complexity index is 1400. The fourth-order valence-corrected chi connectivity index (χ4v) is 5.67. The highest BCUT2D eigenvalue weighted by Gasteiger charge is 2.28. The van der Waals surface area contributed by atoms with Gasteiger partial charge in [-0.15, -0.1) is 11.3 Å². The Balaban J connectivity index is 1.18. The first-order chi connectivity index (χ1) is 17.5. The van der Waals surface area contributed by atoms with Crippen molar-refractivity contribution in [3.05, 3.63) is 87.0 Å². The van der Waals surface area contributed by atoms with Gasteiger partial charge in [0.2, 0.25) is 5.91 Å². The summed E-state index contributed by atoms with van der Waals surface area (Å²) in [7, 11) is 0. The zero-order valence-electron chi connectivity index (χ0n) is 20.0. The van der Waals surface area contributed by atoms with E-state index in [0.29, 0.717) is 38.2 Å². The van der Waals surface area contributed by atoms with E-state index in [1.54, 1.807) is 35.7 Å². The van der Waals surface area contributed by atoms with E-state index in [0.717, 1.165) is 28.5 Å². The molecule has 3 N–H and O–H groups in total. The number of halogens is 1. The molecule has 0 unspecified atom stereocenters. The van der Waals surface area contributed by atoms with Gasteiger partial charge >= 0.3 is 0 Å². The summed E-state index contributed by atoms with van der Waals surface area (Å²) in [6.07, 6.45) is 2.99. The van der Waals surface area contributed by atoms with E-state index < -0.39 is 6.04 Å². The van der Waals surface area contributed by atoms with Crippen LogP contribution in [0.4, 0.5) is 4.39 Å². The number of thiophene rings is 1. The Morgan fingerprint density at radius 3 is 2.92 bits per heavy atom. The standard InChI is InChI=1S/C27H28FN5O2S/c1-2-23(31-26(34)18-6-7-24-19(11-18)14-30-32-24)27(35)33-9-8-25-20(16-33)12-22(36-25)15-29-13-17-4-3-5-21(28)10-17/h3-7,10-12,14,23,29H,2,8-9,13,15-16H2,1H3,(H,30,32)(H,31,34)/t23-/m1/s1. The summed E-state index contributed by atoms with van der Waals surface area (Å²) in [6, 6.07) is 13.5. The molecule has 1 aliphatic rings. The van der Waals surface area contributed by atoms with Crippen molar-refractivity contribution in [1.82, 2.24) is 25.7 Å². The molecule has 36 heavy (non-hydrogen) atoms. The highest BCUT2D eigenvalue weighted by Crippen LogP contribution is 2.28. The van der Waals surface area contributed by atoms with E-state index in [-0.39, 0.29) is 17.6 Å². The molecule has 5 rings (SSSR count). The first-order valence-electron chi connectivity index (χ1n) is 12.1. The Morgan fingerprint density at radius 2 is 2.08 bits per heavy atom. The molecule has 1 aliphatic heterocycles. The molecule has 0 radical (unpaired) electrons. The smallest absolute Gasteiger partial charge is 0.251 e. The van der Waals surface area contributed by atoms with Crippen LogP contribution in [0.5, 0.6) is 0 Å². The summed E-state index contributed by atoms with van der Waals surface area (Å²) in [4.78, 5) is 30.5. The van der Waals surface area contributed by atoms with Gasteiger partial charge in [0.1, 0.15) is 11.9 Å². The molecular formula is C27H28FN5O2S. The minimum atomic E-state index is -0.579. The van der Waals surface area contributed by atoms with Crippen LogP contribution in [-0.4, -0.2) is 39.5 Å². The Labute approximate surface area is 212 Å². The predicted octanol–water partition coefficient (Wildman–Crippen LogP) is 4.15. The SMILES string of the molecule is CC[C@@H](NC(=O)c1ccc2[nH]ncc2c1)C(=O)N1CCc2sc(CNCc3cccc(F)c3)cc2C1. The zero-order chi connectivity index (χ0) is 25.1. The van der Waals surface area contributed by atoms with Gasteiger partial charge in [-0.1, -0.05) is 19.1 Å². The quantitative estimate of drug-likeness (QED) is 0.336. The molecule has 1 atom stereocenters. The van der Waals surface area contributed by atoms with Crippen molar-refractivity contribution >= 4 is 34.1 Å². The van der Waals surface area contributed by atoms with Gasteiger partial charge in [-0.25, -0.2) is 4.39 Å². The number of hydrogen-bond donors (Lipinski definition) is 3. The molecule has 4 aromatic rings. The van der Waals surface area contributed by atoms with E-state index in [9.17, 15) is 14.0 Å². The average molecular weight is 506 g/mol. The van der Waals surface area contributed by atoms with Crippen LogP contribution in [0.25, 0.3) is 10.9 Å². The van der Waals surface area contributed by atoms with Crippen LogP contribution in [0, 0.1) is 5.82 Å². The Kier molecular flexibility index (Phi) is 7.11. The highest BCUT2D eigenvalue weighted by molar-refractivity contribution is 7.12. The number of hydrogen-bond acceptors (Lipinski definition) is 5. The third-order valence-electron chi connectivity index (χ3n) is 6.46. The molecule has 186 valence electrons. The van der Waals surface area contributed by atoms with Gasteiger partial charge < -0.3 is 15.5 Å². The van der Waals surface area contributed by atoms with E-state index in [2.05, 4.69) is 26.9 Å². The van der Waals surface area contributed by atoms with E-state index >= 15 is 0 Å². The van der Waals surface area contributed by atoms with E-state index in [4.69, 9.17) is 0 Å². The number of nitrogens with zero attached hydrogens (tertiary/aromatic N) is 2. The lowest BCUT2D eigenvalue weighted by atomic mass is 10.1. The lowest BCUT2D eigenvalue weighted by Gasteiger charge is -2.30. The van der Waals surface area contributed by atoms with Crippen LogP contribution < -0.4 is 10.6 Å². The van der Waals surface area contributed by atoms with Crippen LogP contribution >= 0.6 is 11.3 Å². The van der Waals surface area contributed by atoms with Crippen molar-refractivity contribution in [3.63, 3.8) is 0 Å². The number of carbonyl (C=O) groups excluding carboxylic acids is 2. The van der Waals surface area contributed by atoms with Gasteiger partial charge in [-0.2, -0.15) is 5.10 Å². The lowest BCUT2D eigenvalue weighted by molar-refractivity contribution is -0.134. The van der Waals surface area contributed by atoms with E-state index in [1.165, 1.54) is 21.9 Å². The average Bonchev–Trinajstić information content (AvgIpc) is 3.52. The van der Waals surface area contributed by atoms with Gasteiger partial charge in [0.25, 0.3) is 5.91 Å². The third kappa shape index (κ3) is 5.32. The van der Waals surface area contributed by atoms with Gasteiger partial charge in [-0.3, -0.25) is 14.7 Å². The van der Waals surface area contributed by atoms with Crippen molar-refractivity contribution in [3.8, 4) is 0 Å². The molecule has 0 fully saturated rings. The fourth-order valence-electron chi connectivity index (χ4n) is 4.53.